The van der Waals surface area contributed by atoms with Crippen molar-refractivity contribution in [3.63, 3.8) is 0 Å². The van der Waals surface area contributed by atoms with Gasteiger partial charge in [0.2, 0.25) is 5.91 Å². The fourth-order valence-corrected chi connectivity index (χ4v) is 2.99. The summed E-state index contributed by atoms with van der Waals surface area (Å²) in [6.07, 6.45) is 0.923. The van der Waals surface area contributed by atoms with Crippen LogP contribution in [0.1, 0.15) is 13.8 Å². The summed E-state index contributed by atoms with van der Waals surface area (Å²) < 4.78 is 7.49. The van der Waals surface area contributed by atoms with E-state index in [1.54, 1.807) is 28.3 Å². The van der Waals surface area contributed by atoms with Crippen LogP contribution in [0.2, 0.25) is 0 Å². The van der Waals surface area contributed by atoms with Crippen molar-refractivity contribution in [1.29, 1.82) is 0 Å². The largest absolute Gasteiger partial charge is 0.481 e. The molecule has 8 heteroatoms. The summed E-state index contributed by atoms with van der Waals surface area (Å²) >= 11 is 0. The molecule has 1 aromatic carbocycles. The molecule has 1 atom stereocenters. The standard InChI is InChI=1S/C18H23N5O3/c1-13(18(25)23-10-8-22(9-11-23)14(2)24)26-16-6-4-15(5-7-16)17-19-12-20-21(17)3/h4-7,12-13H,8-11H2,1-3H3. The zero-order valence-corrected chi connectivity index (χ0v) is 15.3. The highest BCUT2D eigenvalue weighted by molar-refractivity contribution is 5.81. The van der Waals surface area contributed by atoms with Crippen molar-refractivity contribution in [2.45, 2.75) is 20.0 Å². The number of carbonyl (C=O) groups excluding carboxylic acids is 2. The van der Waals surface area contributed by atoms with Gasteiger partial charge in [-0.25, -0.2) is 9.67 Å². The first-order chi connectivity index (χ1) is 12.5. The van der Waals surface area contributed by atoms with Gasteiger partial charge in [-0.3, -0.25) is 9.59 Å². The van der Waals surface area contributed by atoms with Gasteiger partial charge in [0.05, 0.1) is 0 Å². The number of piperazine rings is 1. The highest BCUT2D eigenvalue weighted by Gasteiger charge is 2.26. The molecule has 0 radical (unpaired) electrons. The molecule has 2 amide bonds. The van der Waals surface area contributed by atoms with E-state index in [-0.39, 0.29) is 11.8 Å². The lowest BCUT2D eigenvalue weighted by molar-refractivity contribution is -0.143. The summed E-state index contributed by atoms with van der Waals surface area (Å²) in [5.41, 5.74) is 0.927. The van der Waals surface area contributed by atoms with Crippen LogP contribution in [-0.4, -0.2) is 68.7 Å². The van der Waals surface area contributed by atoms with Gasteiger partial charge in [0.1, 0.15) is 12.1 Å². The molecular weight excluding hydrogens is 334 g/mol. The molecular formula is C18H23N5O3. The van der Waals surface area contributed by atoms with Gasteiger partial charge in [-0.15, -0.1) is 0 Å². The third kappa shape index (κ3) is 3.84. The third-order valence-corrected chi connectivity index (χ3v) is 4.52. The first-order valence-corrected chi connectivity index (χ1v) is 8.61. The van der Waals surface area contributed by atoms with Gasteiger partial charge < -0.3 is 14.5 Å². The van der Waals surface area contributed by atoms with Crippen LogP contribution in [-0.2, 0) is 16.6 Å². The lowest BCUT2D eigenvalue weighted by atomic mass is 10.2. The number of aryl methyl sites for hydroxylation is 1. The van der Waals surface area contributed by atoms with E-state index in [9.17, 15) is 9.59 Å². The van der Waals surface area contributed by atoms with E-state index >= 15 is 0 Å². The third-order valence-electron chi connectivity index (χ3n) is 4.52. The van der Waals surface area contributed by atoms with Crippen molar-refractivity contribution in [3.05, 3.63) is 30.6 Å². The summed E-state index contributed by atoms with van der Waals surface area (Å²) in [5, 5.41) is 4.05. The smallest absolute Gasteiger partial charge is 0.263 e. The minimum absolute atomic E-state index is 0.0457. The Balaban J connectivity index is 1.58. The van der Waals surface area contributed by atoms with E-state index in [0.717, 1.165) is 11.4 Å². The Hall–Kier alpha value is -2.90. The molecule has 0 aliphatic carbocycles. The number of aromatic nitrogens is 3. The molecule has 3 rings (SSSR count). The monoisotopic (exact) mass is 357 g/mol. The second kappa shape index (κ2) is 7.55. The predicted octanol–water partition coefficient (Wildman–Crippen LogP) is 0.940. The Morgan fingerprint density at radius 2 is 1.69 bits per heavy atom. The zero-order chi connectivity index (χ0) is 18.7. The minimum Gasteiger partial charge on any atom is -0.481 e. The topological polar surface area (TPSA) is 80.6 Å². The van der Waals surface area contributed by atoms with Gasteiger partial charge in [-0.05, 0) is 31.2 Å². The van der Waals surface area contributed by atoms with Crippen LogP contribution in [0.4, 0.5) is 0 Å². The van der Waals surface area contributed by atoms with Gasteiger partial charge in [0.15, 0.2) is 11.9 Å². The molecule has 26 heavy (non-hydrogen) atoms. The molecule has 0 saturated carbocycles. The van der Waals surface area contributed by atoms with Crippen LogP contribution in [0.3, 0.4) is 0 Å². The molecule has 2 heterocycles. The van der Waals surface area contributed by atoms with Crippen LogP contribution < -0.4 is 4.74 Å². The van der Waals surface area contributed by atoms with Crippen molar-refractivity contribution in [1.82, 2.24) is 24.6 Å². The summed E-state index contributed by atoms with van der Waals surface area (Å²) in [6.45, 7) is 5.51. The number of ether oxygens (including phenoxy) is 1. The van der Waals surface area contributed by atoms with Crippen molar-refractivity contribution in [2.75, 3.05) is 26.2 Å². The number of nitrogens with zero attached hydrogens (tertiary/aromatic N) is 5. The van der Waals surface area contributed by atoms with E-state index in [0.29, 0.717) is 31.9 Å². The van der Waals surface area contributed by atoms with Gasteiger partial charge in [-0.1, -0.05) is 0 Å². The lowest BCUT2D eigenvalue weighted by Gasteiger charge is -2.35. The van der Waals surface area contributed by atoms with E-state index in [1.807, 2.05) is 31.3 Å². The molecule has 1 aromatic heterocycles. The van der Waals surface area contributed by atoms with Gasteiger partial charge in [0.25, 0.3) is 5.91 Å². The molecule has 2 aromatic rings. The van der Waals surface area contributed by atoms with Gasteiger partial charge in [-0.2, -0.15) is 5.10 Å². The molecule has 0 N–H and O–H groups in total. The van der Waals surface area contributed by atoms with Crippen molar-refractivity contribution >= 4 is 11.8 Å². The molecule has 1 aliphatic heterocycles. The Morgan fingerprint density at radius 1 is 1.08 bits per heavy atom. The average Bonchev–Trinajstić information content (AvgIpc) is 3.07. The van der Waals surface area contributed by atoms with Crippen LogP contribution >= 0.6 is 0 Å². The molecule has 1 unspecified atom stereocenters. The molecule has 1 fully saturated rings. The minimum atomic E-state index is -0.584. The zero-order valence-electron chi connectivity index (χ0n) is 15.3. The normalized spacial score (nSPS) is 15.7. The number of carbonyl (C=O) groups is 2. The highest BCUT2D eigenvalue weighted by atomic mass is 16.5. The van der Waals surface area contributed by atoms with Crippen molar-refractivity contribution in [3.8, 4) is 17.1 Å². The number of hydrogen-bond acceptors (Lipinski definition) is 5. The van der Waals surface area contributed by atoms with E-state index in [4.69, 9.17) is 4.74 Å². The van der Waals surface area contributed by atoms with E-state index in [1.165, 1.54) is 6.33 Å². The molecule has 1 saturated heterocycles. The highest BCUT2D eigenvalue weighted by Crippen LogP contribution is 2.21. The molecule has 0 spiro atoms. The maximum Gasteiger partial charge on any atom is 0.263 e. The van der Waals surface area contributed by atoms with Gasteiger partial charge >= 0.3 is 0 Å². The number of hydrogen-bond donors (Lipinski definition) is 0. The Kier molecular flexibility index (Phi) is 5.20. The van der Waals surface area contributed by atoms with Crippen molar-refractivity contribution in [2.24, 2.45) is 7.05 Å². The maximum atomic E-state index is 12.6. The molecule has 138 valence electrons. The maximum absolute atomic E-state index is 12.6. The first-order valence-electron chi connectivity index (χ1n) is 8.61. The predicted molar refractivity (Wildman–Crippen MR) is 95.4 cm³/mol. The molecule has 0 bridgehead atoms. The summed E-state index contributed by atoms with van der Waals surface area (Å²) in [6, 6.07) is 7.42. The summed E-state index contributed by atoms with van der Waals surface area (Å²) in [4.78, 5) is 31.6. The van der Waals surface area contributed by atoms with Crippen LogP contribution in [0.25, 0.3) is 11.4 Å². The summed E-state index contributed by atoms with van der Waals surface area (Å²) in [5.74, 6) is 1.37. The molecule has 8 nitrogen and oxygen atoms in total. The van der Waals surface area contributed by atoms with Crippen molar-refractivity contribution < 1.29 is 14.3 Å². The second-order valence-corrected chi connectivity index (χ2v) is 6.32. The number of benzene rings is 1. The van der Waals surface area contributed by atoms with E-state index < -0.39 is 6.10 Å². The number of amides is 2. The van der Waals surface area contributed by atoms with E-state index in [2.05, 4.69) is 10.1 Å². The SMILES string of the molecule is CC(=O)N1CCN(C(=O)C(C)Oc2ccc(-c3ncnn3C)cc2)CC1. The van der Waals surface area contributed by atoms with Crippen LogP contribution in [0.15, 0.2) is 30.6 Å². The Morgan fingerprint density at radius 3 is 2.23 bits per heavy atom. The fraction of sp³-hybridized carbons (Fsp3) is 0.444. The van der Waals surface area contributed by atoms with Gasteiger partial charge in [0, 0.05) is 45.7 Å². The Bertz CT molecular complexity index is 778. The number of rotatable bonds is 4. The average molecular weight is 357 g/mol. The fourth-order valence-electron chi connectivity index (χ4n) is 2.99. The quantitative estimate of drug-likeness (QED) is 0.814. The molecule has 1 aliphatic rings. The first kappa shape index (κ1) is 17.9. The van der Waals surface area contributed by atoms with Crippen LogP contribution in [0.5, 0.6) is 5.75 Å². The van der Waals surface area contributed by atoms with Crippen LogP contribution in [0, 0.1) is 0 Å². The summed E-state index contributed by atoms with van der Waals surface area (Å²) in [7, 11) is 1.83. The second-order valence-electron chi connectivity index (χ2n) is 6.32. The Labute approximate surface area is 152 Å². The lowest BCUT2D eigenvalue weighted by Crippen LogP contribution is -2.52.